The van der Waals surface area contributed by atoms with Crippen molar-refractivity contribution in [2.75, 3.05) is 7.11 Å². The van der Waals surface area contributed by atoms with E-state index in [4.69, 9.17) is 49.0 Å². The number of methoxy groups -OCH3 is 1. The van der Waals surface area contributed by atoms with Gasteiger partial charge in [0.15, 0.2) is 5.60 Å². The fourth-order valence-electron chi connectivity index (χ4n) is 2.85. The zero-order valence-corrected chi connectivity index (χ0v) is 19.3. The number of cyclic esters (lactones) is 1. The van der Waals surface area contributed by atoms with Crippen LogP contribution >= 0.6 is 34.8 Å². The maximum Gasteiger partial charge on any atom is 0.353 e. The quantitative estimate of drug-likeness (QED) is 0.338. The van der Waals surface area contributed by atoms with Crippen molar-refractivity contribution in [3.63, 3.8) is 0 Å². The number of ether oxygens (including phenoxy) is 3. The Morgan fingerprint density at radius 1 is 1.06 bits per heavy atom. The molecule has 3 rings (SSSR count). The number of carbonyl (C=O) groups excluding carboxylic acids is 2. The predicted molar refractivity (Wildman–Crippen MR) is 119 cm³/mol. The molecule has 31 heavy (non-hydrogen) atoms. The van der Waals surface area contributed by atoms with Gasteiger partial charge in [0.1, 0.15) is 5.75 Å². The number of hydrogen-bond donors (Lipinski definition) is 0. The summed E-state index contributed by atoms with van der Waals surface area (Å²) in [6, 6.07) is 15.6. The molecular formula is C22H20Cl3NO5. The van der Waals surface area contributed by atoms with Gasteiger partial charge in [0, 0.05) is 12.0 Å². The van der Waals surface area contributed by atoms with Gasteiger partial charge in [-0.25, -0.2) is 14.6 Å². The minimum absolute atomic E-state index is 0.00720. The molecule has 0 fully saturated rings. The van der Waals surface area contributed by atoms with Crippen LogP contribution in [0.15, 0.2) is 59.6 Å². The summed E-state index contributed by atoms with van der Waals surface area (Å²) in [5.41, 5.74) is -2.33. The van der Waals surface area contributed by atoms with E-state index < -0.39 is 26.9 Å². The van der Waals surface area contributed by atoms with E-state index in [0.717, 1.165) is 0 Å². The molecule has 0 aromatic heterocycles. The third-order valence-corrected chi connectivity index (χ3v) is 6.19. The molecule has 0 amide bonds. The molecule has 0 bridgehead atoms. The molecule has 2 aromatic rings. The van der Waals surface area contributed by atoms with Crippen LogP contribution in [0.5, 0.6) is 5.75 Å². The average molecular weight is 485 g/mol. The molecule has 1 aliphatic rings. The Balaban J connectivity index is 2.04. The normalized spacial score (nSPS) is 18.9. The fraction of sp³-hybridized carbons (Fsp3) is 0.318. The molecule has 1 aliphatic heterocycles. The van der Waals surface area contributed by atoms with E-state index in [1.54, 1.807) is 48.5 Å². The van der Waals surface area contributed by atoms with E-state index >= 15 is 0 Å². The lowest BCUT2D eigenvalue weighted by molar-refractivity contribution is -0.167. The van der Waals surface area contributed by atoms with Crippen LogP contribution in [0.3, 0.4) is 0 Å². The van der Waals surface area contributed by atoms with Crippen LogP contribution in [0.1, 0.15) is 25.0 Å². The lowest BCUT2D eigenvalue weighted by atomic mass is 9.91. The van der Waals surface area contributed by atoms with Crippen LogP contribution in [-0.2, 0) is 25.5 Å². The van der Waals surface area contributed by atoms with E-state index in [-0.39, 0.29) is 12.3 Å². The number of hydrogen-bond acceptors (Lipinski definition) is 6. The van der Waals surface area contributed by atoms with Crippen molar-refractivity contribution in [2.45, 2.75) is 35.2 Å². The first-order chi connectivity index (χ1) is 14.5. The maximum absolute atomic E-state index is 13.3. The van der Waals surface area contributed by atoms with Crippen LogP contribution in [-0.4, -0.2) is 39.9 Å². The minimum atomic E-state index is -1.98. The molecule has 164 valence electrons. The van der Waals surface area contributed by atoms with Crippen LogP contribution in [0, 0.1) is 0 Å². The highest BCUT2D eigenvalue weighted by Crippen LogP contribution is 2.42. The summed E-state index contributed by atoms with van der Waals surface area (Å²) in [6.45, 7) is 2.87. The number of carbonyl (C=O) groups is 2. The van der Waals surface area contributed by atoms with Crippen molar-refractivity contribution in [3.8, 4) is 5.75 Å². The summed E-state index contributed by atoms with van der Waals surface area (Å²) in [5, 5.41) is 0. The monoisotopic (exact) mass is 483 g/mol. The highest BCUT2D eigenvalue weighted by atomic mass is 35.6. The molecule has 1 heterocycles. The van der Waals surface area contributed by atoms with Crippen molar-refractivity contribution in [1.82, 2.24) is 0 Å². The fourth-order valence-corrected chi connectivity index (χ4v) is 2.96. The lowest BCUT2D eigenvalue weighted by Gasteiger charge is -2.34. The van der Waals surface area contributed by atoms with Crippen LogP contribution < -0.4 is 4.74 Å². The summed E-state index contributed by atoms with van der Waals surface area (Å²) >= 11 is 17.9. The lowest BCUT2D eigenvalue weighted by Crippen LogP contribution is -2.51. The molecule has 0 unspecified atom stereocenters. The molecule has 0 N–H and O–H groups in total. The highest BCUT2D eigenvalue weighted by Gasteiger charge is 2.57. The molecule has 0 saturated heterocycles. The zero-order valence-electron chi connectivity index (χ0n) is 17.0. The minimum Gasteiger partial charge on any atom is -0.497 e. The third kappa shape index (κ3) is 4.81. The van der Waals surface area contributed by atoms with Gasteiger partial charge in [-0.3, -0.25) is 0 Å². The van der Waals surface area contributed by atoms with Crippen LogP contribution in [0.4, 0.5) is 0 Å². The van der Waals surface area contributed by atoms with E-state index in [2.05, 4.69) is 4.99 Å². The van der Waals surface area contributed by atoms with Crippen LogP contribution in [0.25, 0.3) is 0 Å². The van der Waals surface area contributed by atoms with E-state index in [9.17, 15) is 9.59 Å². The molecule has 6 nitrogen and oxygen atoms in total. The van der Waals surface area contributed by atoms with Crippen molar-refractivity contribution in [3.05, 3.63) is 65.7 Å². The highest BCUT2D eigenvalue weighted by molar-refractivity contribution is 6.68. The van der Waals surface area contributed by atoms with Gasteiger partial charge in [0.05, 0.1) is 7.11 Å². The Morgan fingerprint density at radius 2 is 1.68 bits per heavy atom. The first-order valence-corrected chi connectivity index (χ1v) is 10.4. The van der Waals surface area contributed by atoms with Crippen LogP contribution in [0.2, 0.25) is 0 Å². The van der Waals surface area contributed by atoms with E-state index in [1.165, 1.54) is 21.0 Å². The second-order valence-corrected chi connectivity index (χ2v) is 9.74. The summed E-state index contributed by atoms with van der Waals surface area (Å²) in [5.74, 6) is -1.23. The number of nitrogens with zero attached hydrogens (tertiary/aromatic N) is 1. The summed E-state index contributed by atoms with van der Waals surface area (Å²) < 4.78 is 14.1. The molecule has 0 aliphatic carbocycles. The van der Waals surface area contributed by atoms with Gasteiger partial charge in [-0.2, -0.15) is 0 Å². The van der Waals surface area contributed by atoms with Gasteiger partial charge in [0.2, 0.25) is 9.69 Å². The van der Waals surface area contributed by atoms with Gasteiger partial charge in [-0.15, -0.1) is 0 Å². The van der Waals surface area contributed by atoms with Gasteiger partial charge >= 0.3 is 11.9 Å². The molecule has 0 radical (unpaired) electrons. The maximum atomic E-state index is 13.3. The molecule has 9 heteroatoms. The van der Waals surface area contributed by atoms with Crippen molar-refractivity contribution >= 4 is 52.6 Å². The topological polar surface area (TPSA) is 74.2 Å². The van der Waals surface area contributed by atoms with Gasteiger partial charge in [-0.1, -0.05) is 65.1 Å². The van der Waals surface area contributed by atoms with Crippen molar-refractivity contribution in [1.29, 1.82) is 0 Å². The molecular weight excluding hydrogens is 465 g/mol. The average Bonchev–Trinajstić information content (AvgIpc) is 3.05. The smallest absolute Gasteiger partial charge is 0.353 e. The summed E-state index contributed by atoms with van der Waals surface area (Å²) in [7, 11) is 1.54. The Hall–Kier alpha value is -2.28. The number of aliphatic imine (C=N–C) groups is 1. The zero-order chi connectivity index (χ0) is 22.9. The molecule has 0 spiro atoms. The van der Waals surface area contributed by atoms with Gasteiger partial charge in [-0.05, 0) is 43.7 Å². The number of alkyl halides is 3. The van der Waals surface area contributed by atoms with Crippen molar-refractivity contribution < 1.29 is 23.8 Å². The summed E-state index contributed by atoms with van der Waals surface area (Å²) in [4.78, 5) is 30.7. The summed E-state index contributed by atoms with van der Waals surface area (Å²) in [6.07, 6.45) is -0.0822. The second kappa shape index (κ2) is 8.69. The van der Waals surface area contributed by atoms with E-state index in [1.807, 2.05) is 6.07 Å². The number of rotatable bonds is 6. The number of benzene rings is 2. The molecule has 0 saturated carbocycles. The second-order valence-electron chi connectivity index (χ2n) is 7.46. The van der Waals surface area contributed by atoms with Crippen molar-refractivity contribution in [2.24, 2.45) is 4.99 Å². The Bertz CT molecular complexity index is 1000. The Morgan fingerprint density at radius 3 is 2.23 bits per heavy atom. The largest absolute Gasteiger partial charge is 0.497 e. The number of esters is 2. The first-order valence-electron chi connectivity index (χ1n) is 9.29. The SMILES string of the molecule is COc1ccc(C2=N[C@](Cc3ccccc3)(C(=O)OC(C)(C)C(Cl)(Cl)Cl)C(=O)O2)cc1. The number of halogens is 3. The standard InChI is InChI=1S/C22H20Cl3NO5/c1-20(2,22(23,24)25)31-19(28)21(13-14-7-5-4-6-8-14)18(27)30-17(26-21)15-9-11-16(29-3)12-10-15/h4-12H,13H2,1-3H3/t21-/m0/s1. The predicted octanol–water partition coefficient (Wildman–Crippen LogP) is 4.67. The van der Waals surface area contributed by atoms with Gasteiger partial charge in [0.25, 0.3) is 5.54 Å². The molecule has 2 aromatic carbocycles. The first kappa shape index (κ1) is 23.4. The van der Waals surface area contributed by atoms with E-state index in [0.29, 0.717) is 16.9 Å². The Kier molecular flexibility index (Phi) is 6.56. The van der Waals surface area contributed by atoms with Gasteiger partial charge < -0.3 is 14.2 Å². The third-order valence-electron chi connectivity index (χ3n) is 4.83. The Labute approximate surface area is 195 Å². The molecule has 1 atom stereocenters.